The second kappa shape index (κ2) is 10.9. The number of carbonyl (C=O) groups is 3. The number of ether oxygens (including phenoxy) is 1. The first-order valence-corrected chi connectivity index (χ1v) is 14.0. The number of nitrogens with zero attached hydrogens (tertiary/aromatic N) is 3. The van der Waals surface area contributed by atoms with Crippen molar-refractivity contribution in [3.8, 4) is 11.4 Å². The van der Waals surface area contributed by atoms with Crippen molar-refractivity contribution in [1.29, 1.82) is 0 Å². The van der Waals surface area contributed by atoms with E-state index in [4.69, 9.17) is 10.5 Å². The molecule has 0 spiro atoms. The molecular formula is C23H27N5O4S3. The number of amides is 2. The highest BCUT2D eigenvalue weighted by molar-refractivity contribution is 7.99. The molecule has 0 atom stereocenters. The Kier molecular flexibility index (Phi) is 7.92. The number of aryl methyl sites for hydroxylation is 1. The number of nitrogens with two attached hydrogens (primary N) is 1. The number of fused-ring (bicyclic) bond motifs is 1. The van der Waals surface area contributed by atoms with Crippen LogP contribution >= 0.6 is 34.4 Å². The smallest absolute Gasteiger partial charge is 0.341 e. The molecule has 0 aliphatic heterocycles. The second-order valence-corrected chi connectivity index (χ2v) is 11.1. The van der Waals surface area contributed by atoms with Gasteiger partial charge in [0.2, 0.25) is 5.91 Å². The largest absolute Gasteiger partial charge is 0.465 e. The molecule has 0 fully saturated rings. The van der Waals surface area contributed by atoms with Crippen LogP contribution in [0.4, 0.5) is 5.00 Å². The summed E-state index contributed by atoms with van der Waals surface area (Å²) in [7, 11) is 1.24. The molecule has 0 radical (unpaired) electrons. The molecule has 12 heteroatoms. The van der Waals surface area contributed by atoms with Gasteiger partial charge in [-0.1, -0.05) is 18.7 Å². The van der Waals surface area contributed by atoms with Crippen molar-refractivity contribution in [2.24, 2.45) is 5.73 Å². The van der Waals surface area contributed by atoms with E-state index in [0.717, 1.165) is 48.5 Å². The van der Waals surface area contributed by atoms with Crippen molar-refractivity contribution in [2.75, 3.05) is 18.2 Å². The molecule has 9 nitrogen and oxygen atoms in total. The van der Waals surface area contributed by atoms with Gasteiger partial charge in [-0.05, 0) is 50.2 Å². The van der Waals surface area contributed by atoms with E-state index in [1.807, 2.05) is 0 Å². The average molecular weight is 534 g/mol. The van der Waals surface area contributed by atoms with Crippen LogP contribution in [0, 0.1) is 6.92 Å². The fraction of sp³-hybridized carbons (Fsp3) is 0.435. The number of rotatable bonds is 9. The Balaban J connectivity index is 1.52. The highest BCUT2D eigenvalue weighted by atomic mass is 32.2. The molecular weight excluding hydrogens is 506 g/mol. The van der Waals surface area contributed by atoms with Crippen LogP contribution in [0.1, 0.15) is 62.2 Å². The molecule has 3 N–H and O–H groups in total. The number of primary amides is 1. The maximum atomic E-state index is 12.8. The molecule has 3 heterocycles. The molecule has 2 amide bonds. The topological polar surface area (TPSA) is 129 Å². The molecule has 0 aromatic carbocycles. The summed E-state index contributed by atoms with van der Waals surface area (Å²) < 4.78 is 6.90. The third-order valence-electron chi connectivity index (χ3n) is 5.81. The van der Waals surface area contributed by atoms with E-state index < -0.39 is 11.9 Å². The maximum Gasteiger partial charge on any atom is 0.341 e. The number of thiophene rings is 2. The SMILES string of the molecule is CCCn1c(SCC(=O)Nc2sc(C(N)=O)c(C)c2C(=O)OC)nnc1-c1csc2c1CCCC2. The Morgan fingerprint density at radius 3 is 2.74 bits per heavy atom. The summed E-state index contributed by atoms with van der Waals surface area (Å²) in [5.41, 5.74) is 8.49. The van der Waals surface area contributed by atoms with E-state index in [1.54, 1.807) is 18.3 Å². The molecule has 0 unspecified atom stereocenters. The number of hydrogen-bond donors (Lipinski definition) is 2. The van der Waals surface area contributed by atoms with Crippen molar-refractivity contribution < 1.29 is 19.1 Å². The van der Waals surface area contributed by atoms with Gasteiger partial charge in [0.15, 0.2) is 11.0 Å². The summed E-state index contributed by atoms with van der Waals surface area (Å²) >= 11 is 4.04. The number of esters is 1. The van der Waals surface area contributed by atoms with Crippen molar-refractivity contribution in [3.63, 3.8) is 0 Å². The molecule has 0 saturated carbocycles. The number of aromatic nitrogens is 3. The fourth-order valence-corrected chi connectivity index (χ4v) is 7.13. The predicted octanol–water partition coefficient (Wildman–Crippen LogP) is 4.28. The Labute approximate surface area is 215 Å². The van der Waals surface area contributed by atoms with Crippen LogP contribution in [0.15, 0.2) is 10.5 Å². The van der Waals surface area contributed by atoms with E-state index in [0.29, 0.717) is 10.7 Å². The van der Waals surface area contributed by atoms with E-state index in [2.05, 4.69) is 32.4 Å². The van der Waals surface area contributed by atoms with Crippen molar-refractivity contribution in [1.82, 2.24) is 14.8 Å². The molecule has 3 aromatic heterocycles. The number of nitrogens with one attached hydrogen (secondary N) is 1. The van der Waals surface area contributed by atoms with E-state index in [-0.39, 0.29) is 27.1 Å². The van der Waals surface area contributed by atoms with Gasteiger partial charge in [-0.2, -0.15) is 0 Å². The third-order valence-corrected chi connectivity index (χ3v) is 9.09. The van der Waals surface area contributed by atoms with Gasteiger partial charge in [0.05, 0.1) is 23.3 Å². The number of carbonyl (C=O) groups excluding carboxylic acids is 3. The summed E-state index contributed by atoms with van der Waals surface area (Å²) in [5.74, 6) is -0.725. The normalized spacial score (nSPS) is 12.9. The van der Waals surface area contributed by atoms with Gasteiger partial charge in [0, 0.05) is 22.4 Å². The van der Waals surface area contributed by atoms with Crippen molar-refractivity contribution >= 4 is 57.2 Å². The van der Waals surface area contributed by atoms with E-state index in [9.17, 15) is 14.4 Å². The number of anilines is 1. The first kappa shape index (κ1) is 25.4. The Bertz CT molecular complexity index is 1280. The minimum Gasteiger partial charge on any atom is -0.465 e. The lowest BCUT2D eigenvalue weighted by molar-refractivity contribution is -0.113. The first-order valence-electron chi connectivity index (χ1n) is 11.3. The van der Waals surface area contributed by atoms with Gasteiger partial charge in [-0.25, -0.2) is 4.79 Å². The van der Waals surface area contributed by atoms with Crippen LogP contribution in [-0.2, 0) is 28.9 Å². The molecule has 0 saturated heterocycles. The summed E-state index contributed by atoms with van der Waals surface area (Å²) in [6.45, 7) is 4.44. The van der Waals surface area contributed by atoms with Gasteiger partial charge in [-0.3, -0.25) is 9.59 Å². The van der Waals surface area contributed by atoms with E-state index >= 15 is 0 Å². The van der Waals surface area contributed by atoms with Crippen LogP contribution in [0.3, 0.4) is 0 Å². The average Bonchev–Trinajstić information content (AvgIpc) is 3.53. The standard InChI is InChI=1S/C23H27N5O4S3/c1-4-9-28-20(14-10-33-15-8-6-5-7-13(14)15)26-27-23(28)34-11-16(29)25-21-17(22(31)32-3)12(2)18(35-21)19(24)30/h10H,4-9,11H2,1-3H3,(H2,24,30)(H,25,29). The first-order chi connectivity index (χ1) is 16.8. The second-order valence-electron chi connectivity index (χ2n) is 8.17. The van der Waals surface area contributed by atoms with Crippen LogP contribution in [0.5, 0.6) is 0 Å². The molecule has 1 aliphatic carbocycles. The van der Waals surface area contributed by atoms with Crippen LogP contribution < -0.4 is 11.1 Å². The van der Waals surface area contributed by atoms with Gasteiger partial charge in [-0.15, -0.1) is 32.9 Å². The molecule has 0 bridgehead atoms. The zero-order valence-electron chi connectivity index (χ0n) is 19.8. The zero-order valence-corrected chi connectivity index (χ0v) is 22.3. The van der Waals surface area contributed by atoms with Gasteiger partial charge < -0.3 is 20.4 Å². The monoisotopic (exact) mass is 533 g/mol. The molecule has 1 aliphatic rings. The van der Waals surface area contributed by atoms with Gasteiger partial charge in [0.1, 0.15) is 5.00 Å². The Morgan fingerprint density at radius 2 is 2.03 bits per heavy atom. The van der Waals surface area contributed by atoms with Crippen molar-refractivity contribution in [3.05, 3.63) is 31.8 Å². The lowest BCUT2D eigenvalue weighted by Gasteiger charge is -2.13. The number of thioether (sulfide) groups is 1. The highest BCUT2D eigenvalue weighted by Crippen LogP contribution is 2.37. The summed E-state index contributed by atoms with van der Waals surface area (Å²) in [5, 5.41) is 14.7. The Hall–Kier alpha value is -2.70. The summed E-state index contributed by atoms with van der Waals surface area (Å²) in [4.78, 5) is 38.4. The lowest BCUT2D eigenvalue weighted by Crippen LogP contribution is -2.16. The predicted molar refractivity (Wildman–Crippen MR) is 139 cm³/mol. The van der Waals surface area contributed by atoms with Crippen LogP contribution in [0.25, 0.3) is 11.4 Å². The summed E-state index contributed by atoms with van der Waals surface area (Å²) in [6, 6.07) is 0. The number of hydrogen-bond acceptors (Lipinski definition) is 9. The minimum atomic E-state index is -0.664. The van der Waals surface area contributed by atoms with Crippen molar-refractivity contribution in [2.45, 2.75) is 57.7 Å². The molecule has 4 rings (SSSR count). The zero-order chi connectivity index (χ0) is 25.1. The minimum absolute atomic E-state index is 0.0626. The van der Waals surface area contributed by atoms with E-state index in [1.165, 1.54) is 42.2 Å². The van der Waals surface area contributed by atoms with Crippen LogP contribution in [-0.4, -0.2) is 45.4 Å². The van der Waals surface area contributed by atoms with Gasteiger partial charge >= 0.3 is 5.97 Å². The van der Waals surface area contributed by atoms with Gasteiger partial charge in [0.25, 0.3) is 5.91 Å². The quantitative estimate of drug-likeness (QED) is 0.310. The maximum absolute atomic E-state index is 12.8. The fourth-order valence-electron chi connectivity index (χ4n) is 4.18. The number of methoxy groups -OCH3 is 1. The molecule has 186 valence electrons. The third kappa shape index (κ3) is 5.14. The molecule has 35 heavy (non-hydrogen) atoms. The van der Waals surface area contributed by atoms with Crippen LogP contribution in [0.2, 0.25) is 0 Å². The summed E-state index contributed by atoms with van der Waals surface area (Å²) in [6.07, 6.45) is 5.51. The Morgan fingerprint density at radius 1 is 1.26 bits per heavy atom. The lowest BCUT2D eigenvalue weighted by atomic mass is 9.95. The highest BCUT2D eigenvalue weighted by Gasteiger charge is 2.26. The molecule has 3 aromatic rings.